The zero-order valence-electron chi connectivity index (χ0n) is 14.4. The second-order valence-corrected chi connectivity index (χ2v) is 6.11. The number of nitrogens with zero attached hydrogens (tertiary/aromatic N) is 2. The highest BCUT2D eigenvalue weighted by Crippen LogP contribution is 2.37. The third-order valence-corrected chi connectivity index (χ3v) is 4.35. The molecule has 0 aliphatic rings. The van der Waals surface area contributed by atoms with E-state index < -0.39 is 4.92 Å². The summed E-state index contributed by atoms with van der Waals surface area (Å²) in [5.74, 6) is 0.0227. The molecule has 4 aromatic rings. The lowest BCUT2D eigenvalue weighted by Crippen LogP contribution is -2.02. The maximum Gasteiger partial charge on any atom is 0.338 e. The lowest BCUT2D eigenvalue weighted by Gasteiger charge is -2.10. The molecule has 1 heterocycles. The molecule has 3 aromatic carbocycles. The van der Waals surface area contributed by atoms with Crippen molar-refractivity contribution in [2.24, 2.45) is 0 Å². The zero-order valence-corrected chi connectivity index (χ0v) is 14.4. The van der Waals surface area contributed by atoms with Crippen molar-refractivity contribution in [3.05, 3.63) is 101 Å². The molecule has 5 heteroatoms. The summed E-state index contributed by atoms with van der Waals surface area (Å²) >= 11 is 0. The van der Waals surface area contributed by atoms with Crippen LogP contribution in [0.25, 0.3) is 21.9 Å². The number of pyridine rings is 1. The fourth-order valence-corrected chi connectivity index (χ4v) is 3.03. The first kappa shape index (κ1) is 16.7. The van der Waals surface area contributed by atoms with Crippen LogP contribution in [0, 0.1) is 10.1 Å². The second kappa shape index (κ2) is 7.25. The smallest absolute Gasteiger partial charge is 0.338 e. The molecule has 27 heavy (non-hydrogen) atoms. The van der Waals surface area contributed by atoms with Gasteiger partial charge in [-0.2, -0.15) is 0 Å². The predicted octanol–water partition coefficient (Wildman–Crippen LogP) is 5.39. The Morgan fingerprint density at radius 3 is 2.41 bits per heavy atom. The van der Waals surface area contributed by atoms with E-state index in [9.17, 15) is 10.1 Å². The Kier molecular flexibility index (Phi) is 4.49. The molecular weight excluding hydrogens is 340 g/mol. The van der Waals surface area contributed by atoms with Crippen molar-refractivity contribution in [1.29, 1.82) is 0 Å². The molecule has 0 N–H and O–H groups in total. The van der Waals surface area contributed by atoms with Gasteiger partial charge in [-0.25, -0.2) is 4.98 Å². The minimum atomic E-state index is -0.433. The van der Waals surface area contributed by atoms with E-state index in [1.165, 1.54) is 6.20 Å². The quantitative estimate of drug-likeness (QED) is 0.355. The molecule has 0 fully saturated rings. The molecule has 0 aliphatic heterocycles. The Morgan fingerprint density at radius 2 is 1.63 bits per heavy atom. The molecule has 0 saturated carbocycles. The number of hydrogen-bond donors (Lipinski definition) is 0. The Bertz CT molecular complexity index is 1110. The molecule has 0 atom stereocenters. The summed E-state index contributed by atoms with van der Waals surface area (Å²) < 4.78 is 5.68. The monoisotopic (exact) mass is 356 g/mol. The van der Waals surface area contributed by atoms with Crippen LogP contribution >= 0.6 is 0 Å². The van der Waals surface area contributed by atoms with E-state index >= 15 is 0 Å². The maximum atomic E-state index is 11.8. The molecule has 0 bridgehead atoms. The van der Waals surface area contributed by atoms with Gasteiger partial charge in [-0.05, 0) is 34.0 Å². The standard InChI is InChI=1S/C22H16N2O3/c25-24(26)21-20(19-11-10-17-8-4-5-9-18(17)14-19)12-13-23-22(21)27-15-16-6-2-1-3-7-16/h1-14H,15H2. The van der Waals surface area contributed by atoms with Gasteiger partial charge >= 0.3 is 5.69 Å². The van der Waals surface area contributed by atoms with E-state index in [4.69, 9.17) is 4.74 Å². The summed E-state index contributed by atoms with van der Waals surface area (Å²) in [6, 6.07) is 24.8. The number of nitro groups is 1. The van der Waals surface area contributed by atoms with Crippen molar-refractivity contribution in [2.75, 3.05) is 0 Å². The van der Waals surface area contributed by atoms with E-state index in [2.05, 4.69) is 4.98 Å². The first-order chi connectivity index (χ1) is 13.2. The third-order valence-electron chi connectivity index (χ3n) is 4.35. The van der Waals surface area contributed by atoms with Gasteiger partial charge < -0.3 is 4.74 Å². The molecule has 0 spiro atoms. The van der Waals surface area contributed by atoms with Crippen molar-refractivity contribution in [2.45, 2.75) is 6.61 Å². The fraction of sp³-hybridized carbons (Fsp3) is 0.0455. The topological polar surface area (TPSA) is 65.3 Å². The molecular formula is C22H16N2O3. The van der Waals surface area contributed by atoms with Crippen LogP contribution in [-0.2, 0) is 6.61 Å². The molecule has 0 aliphatic carbocycles. The first-order valence-electron chi connectivity index (χ1n) is 8.51. The van der Waals surface area contributed by atoms with Crippen LogP contribution in [0.4, 0.5) is 5.69 Å². The fourth-order valence-electron chi connectivity index (χ4n) is 3.03. The maximum absolute atomic E-state index is 11.8. The van der Waals surface area contributed by atoms with Gasteiger partial charge in [0.15, 0.2) is 0 Å². The van der Waals surface area contributed by atoms with Crippen LogP contribution in [0.3, 0.4) is 0 Å². The van der Waals surface area contributed by atoms with Gasteiger partial charge in [-0.1, -0.05) is 66.7 Å². The highest BCUT2D eigenvalue weighted by molar-refractivity contribution is 5.89. The Morgan fingerprint density at radius 1 is 0.889 bits per heavy atom. The van der Waals surface area contributed by atoms with Gasteiger partial charge in [0.1, 0.15) is 6.61 Å². The summed E-state index contributed by atoms with van der Waals surface area (Å²) in [6.07, 6.45) is 1.54. The van der Waals surface area contributed by atoms with E-state index in [-0.39, 0.29) is 18.2 Å². The van der Waals surface area contributed by atoms with Gasteiger partial charge in [-0.3, -0.25) is 10.1 Å². The van der Waals surface area contributed by atoms with Gasteiger partial charge in [-0.15, -0.1) is 0 Å². The van der Waals surface area contributed by atoms with Gasteiger partial charge in [0.25, 0.3) is 5.88 Å². The molecule has 5 nitrogen and oxygen atoms in total. The molecule has 1 aromatic heterocycles. The summed E-state index contributed by atoms with van der Waals surface area (Å²) in [6.45, 7) is 0.218. The average Bonchev–Trinajstić information content (AvgIpc) is 2.72. The minimum absolute atomic E-state index is 0.0227. The predicted molar refractivity (Wildman–Crippen MR) is 105 cm³/mol. The van der Waals surface area contributed by atoms with Gasteiger partial charge in [0.2, 0.25) is 0 Å². The van der Waals surface area contributed by atoms with Crippen LogP contribution in [0.2, 0.25) is 0 Å². The number of ether oxygens (including phenoxy) is 1. The molecule has 132 valence electrons. The van der Waals surface area contributed by atoms with E-state index in [1.54, 1.807) is 6.07 Å². The summed E-state index contributed by atoms with van der Waals surface area (Å²) in [5, 5.41) is 13.9. The molecule has 0 saturated heterocycles. The molecule has 0 amide bonds. The highest BCUT2D eigenvalue weighted by atomic mass is 16.6. The summed E-state index contributed by atoms with van der Waals surface area (Å²) in [4.78, 5) is 15.4. The van der Waals surface area contributed by atoms with Crippen LogP contribution < -0.4 is 4.74 Å². The molecule has 0 unspecified atom stereocenters. The van der Waals surface area contributed by atoms with E-state index in [1.807, 2.05) is 72.8 Å². The second-order valence-electron chi connectivity index (χ2n) is 6.11. The Labute approximate surface area is 156 Å². The highest BCUT2D eigenvalue weighted by Gasteiger charge is 2.24. The van der Waals surface area contributed by atoms with Gasteiger partial charge in [0.05, 0.1) is 10.5 Å². The number of benzene rings is 3. The van der Waals surface area contributed by atoms with E-state index in [0.29, 0.717) is 5.56 Å². The van der Waals surface area contributed by atoms with Crippen molar-refractivity contribution in [3.8, 4) is 17.0 Å². The number of hydrogen-bond acceptors (Lipinski definition) is 4. The molecule has 0 radical (unpaired) electrons. The molecule has 4 rings (SSSR count). The third kappa shape index (κ3) is 3.48. The van der Waals surface area contributed by atoms with Crippen molar-refractivity contribution in [3.63, 3.8) is 0 Å². The van der Waals surface area contributed by atoms with Crippen molar-refractivity contribution in [1.82, 2.24) is 4.98 Å². The van der Waals surface area contributed by atoms with Gasteiger partial charge in [0, 0.05) is 6.20 Å². The largest absolute Gasteiger partial charge is 0.468 e. The zero-order chi connectivity index (χ0) is 18.6. The van der Waals surface area contributed by atoms with E-state index in [0.717, 1.165) is 21.9 Å². The first-order valence-corrected chi connectivity index (χ1v) is 8.51. The number of aromatic nitrogens is 1. The summed E-state index contributed by atoms with van der Waals surface area (Å²) in [5.41, 5.74) is 2.05. The van der Waals surface area contributed by atoms with Crippen molar-refractivity contribution < 1.29 is 9.66 Å². The minimum Gasteiger partial charge on any atom is -0.468 e. The summed E-state index contributed by atoms with van der Waals surface area (Å²) in [7, 11) is 0. The van der Waals surface area contributed by atoms with Crippen LogP contribution in [0.15, 0.2) is 85.1 Å². The number of fused-ring (bicyclic) bond motifs is 1. The lowest BCUT2D eigenvalue weighted by atomic mass is 10.0. The SMILES string of the molecule is O=[N+]([O-])c1c(-c2ccc3ccccc3c2)ccnc1OCc1ccccc1. The normalized spacial score (nSPS) is 10.7. The average molecular weight is 356 g/mol. The Hall–Kier alpha value is -3.73. The van der Waals surface area contributed by atoms with Crippen LogP contribution in [0.5, 0.6) is 5.88 Å². The lowest BCUT2D eigenvalue weighted by molar-refractivity contribution is -0.385. The van der Waals surface area contributed by atoms with Crippen LogP contribution in [-0.4, -0.2) is 9.91 Å². The van der Waals surface area contributed by atoms with Crippen LogP contribution in [0.1, 0.15) is 5.56 Å². The Balaban J connectivity index is 1.74. The van der Waals surface area contributed by atoms with Crippen molar-refractivity contribution >= 4 is 16.5 Å². The number of rotatable bonds is 5.